The normalized spacial score (nSPS) is 16.1. The predicted molar refractivity (Wildman–Crippen MR) is 103 cm³/mol. The van der Waals surface area contributed by atoms with Crippen LogP contribution in [-0.2, 0) is 4.79 Å². The van der Waals surface area contributed by atoms with E-state index >= 15 is 0 Å². The molecule has 1 aliphatic heterocycles. The van der Waals surface area contributed by atoms with Crippen LogP contribution >= 0.6 is 39.9 Å². The summed E-state index contributed by atoms with van der Waals surface area (Å²) in [5.41, 5.74) is 1.40. The molecule has 0 bridgehead atoms. The number of carbonyl (C=O) groups is 1. The molecule has 1 fully saturated rings. The molecule has 0 N–H and O–H groups in total. The topological polar surface area (TPSA) is 29.5 Å². The van der Waals surface area contributed by atoms with Crippen molar-refractivity contribution in [1.29, 1.82) is 0 Å². The van der Waals surface area contributed by atoms with Gasteiger partial charge in [0.2, 0.25) is 0 Å². The number of ether oxygens (including phenoxy) is 1. The van der Waals surface area contributed by atoms with Gasteiger partial charge in [0.15, 0.2) is 4.32 Å². The molecule has 1 heterocycles. The zero-order chi connectivity index (χ0) is 17.3. The first-order chi connectivity index (χ1) is 11.5. The third-order valence-electron chi connectivity index (χ3n) is 3.37. The predicted octanol–water partition coefficient (Wildman–Crippen LogP) is 5.00. The van der Waals surface area contributed by atoms with Crippen LogP contribution in [0, 0.1) is 5.82 Å². The summed E-state index contributed by atoms with van der Waals surface area (Å²) in [6.07, 6.45) is 1.70. The Morgan fingerprint density at radius 3 is 2.58 bits per heavy atom. The Balaban J connectivity index is 1.90. The van der Waals surface area contributed by atoms with Gasteiger partial charge in [0, 0.05) is 0 Å². The van der Waals surface area contributed by atoms with Gasteiger partial charge in [-0.25, -0.2) is 4.39 Å². The lowest BCUT2D eigenvalue weighted by atomic mass is 10.2. The molecule has 122 valence electrons. The zero-order valence-corrected chi connectivity index (χ0v) is 15.7. The van der Waals surface area contributed by atoms with Crippen molar-refractivity contribution in [2.75, 3.05) is 12.0 Å². The van der Waals surface area contributed by atoms with E-state index in [2.05, 4.69) is 15.9 Å². The fourth-order valence-electron chi connectivity index (χ4n) is 2.18. The van der Waals surface area contributed by atoms with Crippen molar-refractivity contribution in [3.05, 3.63) is 63.2 Å². The number of anilines is 1. The largest absolute Gasteiger partial charge is 0.497 e. The van der Waals surface area contributed by atoms with E-state index in [-0.39, 0.29) is 11.7 Å². The molecular formula is C17H11BrFNO2S2. The van der Waals surface area contributed by atoms with Gasteiger partial charge in [0.05, 0.1) is 22.2 Å². The molecule has 1 saturated heterocycles. The molecular weight excluding hydrogens is 413 g/mol. The van der Waals surface area contributed by atoms with Gasteiger partial charge in [-0.15, -0.1) is 0 Å². The van der Waals surface area contributed by atoms with Crippen LogP contribution in [-0.4, -0.2) is 17.3 Å². The Kier molecular flexibility index (Phi) is 5.03. The van der Waals surface area contributed by atoms with E-state index in [0.29, 0.717) is 25.1 Å². The number of amides is 1. The van der Waals surface area contributed by atoms with Crippen molar-refractivity contribution in [2.24, 2.45) is 0 Å². The summed E-state index contributed by atoms with van der Waals surface area (Å²) >= 11 is 9.69. The number of nitrogens with zero attached hydrogens (tertiary/aromatic N) is 1. The lowest BCUT2D eigenvalue weighted by molar-refractivity contribution is -0.113. The number of hydrogen-bond acceptors (Lipinski definition) is 4. The summed E-state index contributed by atoms with van der Waals surface area (Å²) in [5.74, 6) is 0.157. The van der Waals surface area contributed by atoms with E-state index in [1.54, 1.807) is 49.6 Å². The first kappa shape index (κ1) is 17.1. The number of rotatable bonds is 3. The van der Waals surface area contributed by atoms with Gasteiger partial charge in [-0.3, -0.25) is 9.69 Å². The molecule has 7 heteroatoms. The molecule has 1 aliphatic rings. The first-order valence-electron chi connectivity index (χ1n) is 6.86. The smallest absolute Gasteiger partial charge is 0.270 e. The van der Waals surface area contributed by atoms with E-state index < -0.39 is 0 Å². The van der Waals surface area contributed by atoms with Crippen molar-refractivity contribution < 1.29 is 13.9 Å². The number of thioether (sulfide) groups is 1. The second-order valence-corrected chi connectivity index (χ2v) is 7.42. The summed E-state index contributed by atoms with van der Waals surface area (Å²) in [7, 11) is 1.58. The Hall–Kier alpha value is -1.70. The van der Waals surface area contributed by atoms with Gasteiger partial charge in [0.25, 0.3) is 5.91 Å². The van der Waals surface area contributed by atoms with Crippen LogP contribution in [0.4, 0.5) is 10.1 Å². The van der Waals surface area contributed by atoms with Crippen LogP contribution in [0.5, 0.6) is 5.75 Å². The lowest BCUT2D eigenvalue weighted by Gasteiger charge is -2.14. The number of thiocarbonyl (C=S) groups is 1. The number of benzene rings is 2. The lowest BCUT2D eigenvalue weighted by Crippen LogP contribution is -2.27. The summed E-state index contributed by atoms with van der Waals surface area (Å²) in [6.45, 7) is 0. The summed E-state index contributed by atoms with van der Waals surface area (Å²) < 4.78 is 19.2. The van der Waals surface area contributed by atoms with E-state index in [1.807, 2.05) is 0 Å². The highest BCUT2D eigenvalue weighted by atomic mass is 79.9. The molecule has 0 radical (unpaired) electrons. The van der Waals surface area contributed by atoms with Gasteiger partial charge in [-0.1, -0.05) is 30.0 Å². The van der Waals surface area contributed by atoms with Crippen LogP contribution in [0.2, 0.25) is 0 Å². The molecule has 0 atom stereocenters. The number of carbonyl (C=O) groups excluding carboxylic acids is 1. The SMILES string of the molecule is COc1ccc(N2C(=O)/C(=C/c3ccc(F)c(Br)c3)SC2=S)cc1. The molecule has 0 spiro atoms. The van der Waals surface area contributed by atoms with Crippen LogP contribution in [0.3, 0.4) is 0 Å². The number of halogens is 2. The number of hydrogen-bond donors (Lipinski definition) is 0. The minimum atomic E-state index is -0.349. The molecule has 2 aromatic rings. The van der Waals surface area contributed by atoms with E-state index in [4.69, 9.17) is 17.0 Å². The van der Waals surface area contributed by atoms with Crippen molar-refractivity contribution in [3.8, 4) is 5.75 Å². The highest BCUT2D eigenvalue weighted by Gasteiger charge is 2.33. The average molecular weight is 424 g/mol. The van der Waals surface area contributed by atoms with E-state index in [9.17, 15) is 9.18 Å². The Morgan fingerprint density at radius 1 is 1.25 bits per heavy atom. The fourth-order valence-corrected chi connectivity index (χ4v) is 3.87. The highest BCUT2D eigenvalue weighted by molar-refractivity contribution is 9.10. The Morgan fingerprint density at radius 2 is 1.96 bits per heavy atom. The molecule has 1 amide bonds. The van der Waals surface area contributed by atoms with Crippen LogP contribution in [0.1, 0.15) is 5.56 Å². The summed E-state index contributed by atoms with van der Waals surface area (Å²) in [4.78, 5) is 14.6. The molecule has 0 saturated carbocycles. The second kappa shape index (κ2) is 7.04. The van der Waals surface area contributed by atoms with Crippen LogP contribution < -0.4 is 9.64 Å². The van der Waals surface area contributed by atoms with Gasteiger partial charge in [-0.2, -0.15) is 0 Å². The van der Waals surface area contributed by atoms with Crippen molar-refractivity contribution in [3.63, 3.8) is 0 Å². The van der Waals surface area contributed by atoms with E-state index in [0.717, 1.165) is 5.56 Å². The second-order valence-electron chi connectivity index (χ2n) is 4.89. The van der Waals surface area contributed by atoms with Gasteiger partial charge < -0.3 is 4.74 Å². The standard InChI is InChI=1S/C17H11BrFNO2S2/c1-22-12-5-3-11(4-6-12)20-16(21)15(24-17(20)23)9-10-2-7-14(19)13(18)8-10/h2-9H,1H3/b15-9-. The molecule has 0 aliphatic carbocycles. The average Bonchev–Trinajstić information content (AvgIpc) is 2.85. The molecule has 3 nitrogen and oxygen atoms in total. The van der Waals surface area contributed by atoms with Crippen molar-refractivity contribution >= 4 is 61.9 Å². The third-order valence-corrected chi connectivity index (χ3v) is 5.28. The quantitative estimate of drug-likeness (QED) is 0.512. The van der Waals surface area contributed by atoms with Crippen LogP contribution in [0.25, 0.3) is 6.08 Å². The molecule has 2 aromatic carbocycles. The van der Waals surface area contributed by atoms with E-state index in [1.165, 1.54) is 22.7 Å². The van der Waals surface area contributed by atoms with Gasteiger partial charge >= 0.3 is 0 Å². The summed E-state index contributed by atoms with van der Waals surface area (Å²) in [5, 5.41) is 0. The number of methoxy groups -OCH3 is 1. The van der Waals surface area contributed by atoms with Crippen molar-refractivity contribution in [2.45, 2.75) is 0 Å². The minimum absolute atomic E-state index is 0.199. The molecule has 0 unspecified atom stereocenters. The third kappa shape index (κ3) is 3.38. The van der Waals surface area contributed by atoms with Crippen molar-refractivity contribution in [1.82, 2.24) is 0 Å². The minimum Gasteiger partial charge on any atom is -0.497 e. The molecule has 24 heavy (non-hydrogen) atoms. The molecule has 0 aromatic heterocycles. The maximum atomic E-state index is 13.3. The van der Waals surface area contributed by atoms with Crippen LogP contribution in [0.15, 0.2) is 51.8 Å². The Bertz CT molecular complexity index is 852. The van der Waals surface area contributed by atoms with Gasteiger partial charge in [0.1, 0.15) is 11.6 Å². The maximum absolute atomic E-state index is 13.3. The highest BCUT2D eigenvalue weighted by Crippen LogP contribution is 2.36. The zero-order valence-electron chi connectivity index (χ0n) is 12.5. The summed E-state index contributed by atoms with van der Waals surface area (Å²) in [6, 6.07) is 11.7. The Labute approximate surface area is 156 Å². The maximum Gasteiger partial charge on any atom is 0.270 e. The first-order valence-corrected chi connectivity index (χ1v) is 8.88. The fraction of sp³-hybridized carbons (Fsp3) is 0.0588. The monoisotopic (exact) mass is 423 g/mol. The van der Waals surface area contributed by atoms with Gasteiger partial charge in [-0.05, 0) is 64.0 Å². The molecule has 3 rings (SSSR count).